The van der Waals surface area contributed by atoms with Crippen molar-refractivity contribution in [1.82, 2.24) is 9.97 Å². The fraction of sp³-hybridized carbons (Fsp3) is 0.231. The molecule has 0 bridgehead atoms. The Kier molecular flexibility index (Phi) is 3.04. The van der Waals surface area contributed by atoms with Crippen molar-refractivity contribution < 1.29 is 4.39 Å². The van der Waals surface area contributed by atoms with E-state index >= 15 is 0 Å². The molecule has 1 aromatic heterocycles. The Bertz CT molecular complexity index is 605. The number of nitrogens with zero attached hydrogens (tertiary/aromatic N) is 1. The maximum Gasteiger partial charge on any atom is 0.254 e. The monoisotopic (exact) mass is 232 g/mol. The Morgan fingerprint density at radius 3 is 2.76 bits per heavy atom. The molecule has 0 saturated heterocycles. The van der Waals surface area contributed by atoms with Gasteiger partial charge in [-0.1, -0.05) is 19.1 Å². The van der Waals surface area contributed by atoms with Crippen LogP contribution in [-0.2, 0) is 6.42 Å². The summed E-state index contributed by atoms with van der Waals surface area (Å²) in [6, 6.07) is 6.01. The van der Waals surface area contributed by atoms with E-state index in [4.69, 9.17) is 0 Å². The summed E-state index contributed by atoms with van der Waals surface area (Å²) in [5.74, 6) is 0.0616. The summed E-state index contributed by atoms with van der Waals surface area (Å²) in [5, 5.41) is 0. The minimum absolute atomic E-state index is 0.153. The molecule has 0 atom stereocenters. The highest BCUT2D eigenvalue weighted by Gasteiger charge is 2.08. The highest BCUT2D eigenvalue weighted by molar-refractivity contribution is 5.54. The highest BCUT2D eigenvalue weighted by Crippen LogP contribution is 2.15. The molecule has 2 rings (SSSR count). The van der Waals surface area contributed by atoms with E-state index in [0.29, 0.717) is 29.1 Å². The molecule has 0 fully saturated rings. The van der Waals surface area contributed by atoms with Crippen LogP contribution in [0.25, 0.3) is 11.4 Å². The second-order valence-electron chi connectivity index (χ2n) is 3.84. The SMILES string of the molecule is CCc1c(C)nc(-c2cccc(F)c2)[nH]c1=O. The van der Waals surface area contributed by atoms with Crippen LogP contribution in [0.5, 0.6) is 0 Å². The number of aryl methyl sites for hydroxylation is 1. The van der Waals surface area contributed by atoms with Gasteiger partial charge < -0.3 is 4.98 Å². The topological polar surface area (TPSA) is 45.8 Å². The minimum Gasteiger partial charge on any atom is -0.306 e. The van der Waals surface area contributed by atoms with Crippen molar-refractivity contribution in [3.8, 4) is 11.4 Å². The second kappa shape index (κ2) is 4.49. The largest absolute Gasteiger partial charge is 0.306 e. The minimum atomic E-state index is -0.345. The van der Waals surface area contributed by atoms with Gasteiger partial charge in [0.05, 0.1) is 0 Å². The number of nitrogens with one attached hydrogen (secondary N) is 1. The number of aromatic nitrogens is 2. The maximum atomic E-state index is 13.1. The van der Waals surface area contributed by atoms with Crippen LogP contribution < -0.4 is 5.56 Å². The average Bonchev–Trinajstić information content (AvgIpc) is 2.28. The molecular weight excluding hydrogens is 219 g/mol. The zero-order valence-electron chi connectivity index (χ0n) is 9.75. The Hall–Kier alpha value is -1.97. The summed E-state index contributed by atoms with van der Waals surface area (Å²) in [4.78, 5) is 18.7. The predicted molar refractivity (Wildman–Crippen MR) is 64.4 cm³/mol. The van der Waals surface area contributed by atoms with E-state index in [1.165, 1.54) is 12.1 Å². The van der Waals surface area contributed by atoms with Crippen molar-refractivity contribution in [1.29, 1.82) is 0 Å². The van der Waals surface area contributed by atoms with E-state index in [1.54, 1.807) is 19.1 Å². The lowest BCUT2D eigenvalue weighted by Gasteiger charge is -2.05. The van der Waals surface area contributed by atoms with Crippen LogP contribution in [0, 0.1) is 12.7 Å². The third-order valence-electron chi connectivity index (χ3n) is 2.67. The van der Waals surface area contributed by atoms with Crippen LogP contribution in [0.3, 0.4) is 0 Å². The standard InChI is InChI=1S/C13H13FN2O/c1-3-11-8(2)15-12(16-13(11)17)9-5-4-6-10(14)7-9/h4-7H,3H2,1-2H3,(H,15,16,17). The smallest absolute Gasteiger partial charge is 0.254 e. The van der Waals surface area contributed by atoms with E-state index in [-0.39, 0.29) is 11.4 Å². The number of hydrogen-bond donors (Lipinski definition) is 1. The summed E-state index contributed by atoms with van der Waals surface area (Å²) < 4.78 is 13.1. The van der Waals surface area contributed by atoms with Gasteiger partial charge in [-0.15, -0.1) is 0 Å². The van der Waals surface area contributed by atoms with Gasteiger partial charge in [0.1, 0.15) is 11.6 Å². The van der Waals surface area contributed by atoms with E-state index < -0.39 is 0 Å². The molecule has 0 saturated carbocycles. The zero-order chi connectivity index (χ0) is 12.4. The van der Waals surface area contributed by atoms with E-state index in [2.05, 4.69) is 9.97 Å². The summed E-state index contributed by atoms with van der Waals surface area (Å²) in [5.41, 5.74) is 1.78. The molecular formula is C13H13FN2O. The number of benzene rings is 1. The van der Waals surface area contributed by atoms with Gasteiger partial charge in [0, 0.05) is 16.8 Å². The van der Waals surface area contributed by atoms with E-state index in [0.717, 1.165) is 0 Å². The molecule has 0 unspecified atom stereocenters. The van der Waals surface area contributed by atoms with Gasteiger partial charge in [0.2, 0.25) is 0 Å². The number of rotatable bonds is 2. The van der Waals surface area contributed by atoms with Crippen molar-refractivity contribution >= 4 is 0 Å². The molecule has 0 aliphatic rings. The molecule has 1 N–H and O–H groups in total. The first kappa shape index (κ1) is 11.5. The normalized spacial score (nSPS) is 10.5. The third kappa shape index (κ3) is 2.25. The molecule has 0 aliphatic carbocycles. The van der Waals surface area contributed by atoms with Gasteiger partial charge in [0.25, 0.3) is 5.56 Å². The number of aromatic amines is 1. The Labute approximate surface area is 98.3 Å². The zero-order valence-corrected chi connectivity index (χ0v) is 9.75. The van der Waals surface area contributed by atoms with Crippen LogP contribution in [0.1, 0.15) is 18.2 Å². The van der Waals surface area contributed by atoms with Gasteiger partial charge >= 0.3 is 0 Å². The first-order valence-electron chi connectivity index (χ1n) is 5.47. The summed E-state index contributed by atoms with van der Waals surface area (Å²) >= 11 is 0. The molecule has 88 valence electrons. The lowest BCUT2D eigenvalue weighted by molar-refractivity contribution is 0.628. The fourth-order valence-electron chi connectivity index (χ4n) is 1.80. The first-order chi connectivity index (χ1) is 8.11. The molecule has 0 aliphatic heterocycles. The van der Waals surface area contributed by atoms with Crippen molar-refractivity contribution in [2.75, 3.05) is 0 Å². The molecule has 0 spiro atoms. The lowest BCUT2D eigenvalue weighted by atomic mass is 10.1. The molecule has 1 heterocycles. The second-order valence-corrected chi connectivity index (χ2v) is 3.84. The molecule has 1 aromatic carbocycles. The van der Waals surface area contributed by atoms with Crippen molar-refractivity contribution in [3.63, 3.8) is 0 Å². The van der Waals surface area contributed by atoms with Crippen LogP contribution in [-0.4, -0.2) is 9.97 Å². The molecule has 17 heavy (non-hydrogen) atoms. The third-order valence-corrected chi connectivity index (χ3v) is 2.67. The Balaban J connectivity index is 2.58. The van der Waals surface area contributed by atoms with Gasteiger partial charge in [-0.2, -0.15) is 0 Å². The number of halogens is 1. The van der Waals surface area contributed by atoms with Gasteiger partial charge in [-0.25, -0.2) is 9.37 Å². The Morgan fingerprint density at radius 2 is 2.18 bits per heavy atom. The van der Waals surface area contributed by atoms with Crippen molar-refractivity contribution in [2.45, 2.75) is 20.3 Å². The molecule has 4 heteroatoms. The van der Waals surface area contributed by atoms with E-state index in [1.807, 2.05) is 6.92 Å². The van der Waals surface area contributed by atoms with Gasteiger partial charge in [-0.3, -0.25) is 4.79 Å². The fourth-order valence-corrected chi connectivity index (χ4v) is 1.80. The van der Waals surface area contributed by atoms with Crippen LogP contribution in [0.4, 0.5) is 4.39 Å². The molecule has 0 amide bonds. The van der Waals surface area contributed by atoms with Crippen molar-refractivity contribution in [2.24, 2.45) is 0 Å². The predicted octanol–water partition coefficient (Wildman–Crippen LogP) is 2.45. The summed E-state index contributed by atoms with van der Waals surface area (Å²) in [6.45, 7) is 3.69. The Morgan fingerprint density at radius 1 is 1.41 bits per heavy atom. The lowest BCUT2D eigenvalue weighted by Crippen LogP contribution is -2.16. The first-order valence-corrected chi connectivity index (χ1v) is 5.47. The molecule has 3 nitrogen and oxygen atoms in total. The summed E-state index contributed by atoms with van der Waals surface area (Å²) in [7, 11) is 0. The quantitative estimate of drug-likeness (QED) is 0.864. The van der Waals surface area contributed by atoms with Crippen LogP contribution >= 0.6 is 0 Å². The van der Waals surface area contributed by atoms with Crippen LogP contribution in [0.15, 0.2) is 29.1 Å². The van der Waals surface area contributed by atoms with Gasteiger partial charge in [0.15, 0.2) is 0 Å². The van der Waals surface area contributed by atoms with Gasteiger partial charge in [-0.05, 0) is 25.5 Å². The van der Waals surface area contributed by atoms with Crippen molar-refractivity contribution in [3.05, 3.63) is 51.7 Å². The molecule has 2 aromatic rings. The number of hydrogen-bond acceptors (Lipinski definition) is 2. The van der Waals surface area contributed by atoms with Crippen LogP contribution in [0.2, 0.25) is 0 Å². The average molecular weight is 232 g/mol. The number of H-pyrrole nitrogens is 1. The maximum absolute atomic E-state index is 13.1. The highest BCUT2D eigenvalue weighted by atomic mass is 19.1. The summed E-state index contributed by atoms with van der Waals surface area (Å²) in [6.07, 6.45) is 0.637. The van der Waals surface area contributed by atoms with E-state index in [9.17, 15) is 9.18 Å². The molecule has 0 radical (unpaired) electrons.